The molecule has 0 aliphatic carbocycles. The van der Waals surface area contributed by atoms with Gasteiger partial charge in [0, 0.05) is 6.07 Å². The third-order valence-electron chi connectivity index (χ3n) is 2.67. The first-order valence-corrected chi connectivity index (χ1v) is 6.59. The summed E-state index contributed by atoms with van der Waals surface area (Å²) in [6.07, 6.45) is 3.11. The molecule has 0 radical (unpaired) electrons. The van der Waals surface area contributed by atoms with Crippen LogP contribution in [0, 0.1) is 0 Å². The van der Waals surface area contributed by atoms with E-state index in [0.29, 0.717) is 34.8 Å². The molecule has 0 N–H and O–H groups in total. The van der Waals surface area contributed by atoms with Crippen LogP contribution in [0.2, 0.25) is 5.15 Å². The standard InChI is InChI=1S/C13H11ClN4O3/c1-8(19-10-2-3-11(14)15-7-10)13-17-12(18-21-13)6-9-4-5-16-20-9/h2-5,7-8H,6H2,1H3/t8-/m0/s1. The van der Waals surface area contributed by atoms with Crippen LogP contribution in [0.3, 0.4) is 0 Å². The van der Waals surface area contributed by atoms with Gasteiger partial charge < -0.3 is 13.8 Å². The quantitative estimate of drug-likeness (QED) is 0.670. The average molecular weight is 307 g/mol. The molecule has 0 bridgehead atoms. The van der Waals surface area contributed by atoms with Crippen molar-refractivity contribution in [3.63, 3.8) is 0 Å². The Labute approximate surface area is 124 Å². The minimum Gasteiger partial charge on any atom is -0.479 e. The molecule has 3 rings (SSSR count). The van der Waals surface area contributed by atoms with Gasteiger partial charge in [0.1, 0.15) is 16.7 Å². The van der Waals surface area contributed by atoms with Crippen LogP contribution in [0.1, 0.15) is 30.5 Å². The lowest BCUT2D eigenvalue weighted by Crippen LogP contribution is -2.04. The van der Waals surface area contributed by atoms with Gasteiger partial charge in [0.15, 0.2) is 11.9 Å². The summed E-state index contributed by atoms with van der Waals surface area (Å²) in [5, 5.41) is 7.90. The van der Waals surface area contributed by atoms with Gasteiger partial charge in [-0.25, -0.2) is 4.98 Å². The highest BCUT2D eigenvalue weighted by Gasteiger charge is 2.17. The topological polar surface area (TPSA) is 87.1 Å². The molecule has 0 spiro atoms. The number of aromatic nitrogens is 4. The van der Waals surface area contributed by atoms with Crippen molar-refractivity contribution in [2.45, 2.75) is 19.4 Å². The van der Waals surface area contributed by atoms with Gasteiger partial charge in [-0.05, 0) is 19.1 Å². The number of rotatable bonds is 5. The predicted molar refractivity (Wildman–Crippen MR) is 71.9 cm³/mol. The first kappa shape index (κ1) is 13.6. The number of hydrogen-bond donors (Lipinski definition) is 0. The van der Waals surface area contributed by atoms with E-state index < -0.39 is 6.10 Å². The molecule has 3 aromatic heterocycles. The number of ether oxygens (including phenoxy) is 1. The van der Waals surface area contributed by atoms with Gasteiger partial charge in [0.05, 0.1) is 18.8 Å². The van der Waals surface area contributed by atoms with E-state index in [4.69, 9.17) is 25.4 Å². The van der Waals surface area contributed by atoms with Crippen LogP contribution in [-0.4, -0.2) is 20.3 Å². The molecule has 0 aliphatic heterocycles. The van der Waals surface area contributed by atoms with Crippen LogP contribution in [0.5, 0.6) is 5.75 Å². The van der Waals surface area contributed by atoms with Gasteiger partial charge in [-0.3, -0.25) is 0 Å². The lowest BCUT2D eigenvalue weighted by atomic mass is 10.3. The van der Waals surface area contributed by atoms with E-state index in [1.807, 2.05) is 0 Å². The molecule has 0 saturated carbocycles. The van der Waals surface area contributed by atoms with Gasteiger partial charge in [-0.15, -0.1) is 0 Å². The Bertz CT molecular complexity index is 697. The fourth-order valence-electron chi connectivity index (χ4n) is 1.68. The molecule has 108 valence electrons. The molecular weight excluding hydrogens is 296 g/mol. The summed E-state index contributed by atoms with van der Waals surface area (Å²) in [5.41, 5.74) is 0. The van der Waals surface area contributed by atoms with E-state index in [1.165, 1.54) is 6.20 Å². The lowest BCUT2D eigenvalue weighted by molar-refractivity contribution is 0.175. The third kappa shape index (κ3) is 3.38. The van der Waals surface area contributed by atoms with Crippen molar-refractivity contribution in [2.24, 2.45) is 0 Å². The zero-order valence-corrected chi connectivity index (χ0v) is 11.8. The average Bonchev–Trinajstić information content (AvgIpc) is 3.13. The van der Waals surface area contributed by atoms with Crippen molar-refractivity contribution >= 4 is 11.6 Å². The number of hydrogen-bond acceptors (Lipinski definition) is 7. The Balaban J connectivity index is 1.66. The van der Waals surface area contributed by atoms with Gasteiger partial charge in [0.25, 0.3) is 5.89 Å². The molecule has 3 aromatic rings. The Morgan fingerprint density at radius 3 is 2.90 bits per heavy atom. The molecule has 7 nitrogen and oxygen atoms in total. The Morgan fingerprint density at radius 1 is 1.29 bits per heavy atom. The predicted octanol–water partition coefficient (Wildman–Crippen LogP) is 2.84. The normalized spacial score (nSPS) is 12.3. The van der Waals surface area contributed by atoms with Crippen LogP contribution in [0.15, 0.2) is 39.6 Å². The van der Waals surface area contributed by atoms with Crippen molar-refractivity contribution in [1.29, 1.82) is 0 Å². The zero-order chi connectivity index (χ0) is 14.7. The maximum atomic E-state index is 5.71. The van der Waals surface area contributed by atoms with Gasteiger partial charge >= 0.3 is 0 Å². The number of pyridine rings is 1. The highest BCUT2D eigenvalue weighted by molar-refractivity contribution is 6.29. The maximum Gasteiger partial charge on any atom is 0.267 e. The Morgan fingerprint density at radius 2 is 2.19 bits per heavy atom. The fraction of sp³-hybridized carbons (Fsp3) is 0.231. The molecule has 3 heterocycles. The number of nitrogens with zero attached hydrogens (tertiary/aromatic N) is 4. The van der Waals surface area contributed by atoms with Crippen molar-refractivity contribution in [1.82, 2.24) is 20.3 Å². The molecule has 1 atom stereocenters. The molecular formula is C13H11ClN4O3. The van der Waals surface area contributed by atoms with E-state index >= 15 is 0 Å². The molecule has 0 unspecified atom stereocenters. The van der Waals surface area contributed by atoms with Crippen molar-refractivity contribution in [2.75, 3.05) is 0 Å². The first-order valence-electron chi connectivity index (χ1n) is 6.21. The molecule has 0 saturated heterocycles. The van der Waals surface area contributed by atoms with E-state index in [1.54, 1.807) is 31.3 Å². The van der Waals surface area contributed by atoms with E-state index in [0.717, 1.165) is 0 Å². The van der Waals surface area contributed by atoms with E-state index in [2.05, 4.69) is 20.3 Å². The summed E-state index contributed by atoms with van der Waals surface area (Å²) < 4.78 is 15.8. The van der Waals surface area contributed by atoms with Gasteiger partial charge in [-0.1, -0.05) is 21.9 Å². The van der Waals surface area contributed by atoms with Crippen molar-refractivity contribution in [3.05, 3.63) is 53.2 Å². The summed E-state index contributed by atoms with van der Waals surface area (Å²) in [6.45, 7) is 1.81. The van der Waals surface area contributed by atoms with Gasteiger partial charge in [-0.2, -0.15) is 4.98 Å². The highest BCUT2D eigenvalue weighted by atomic mass is 35.5. The van der Waals surface area contributed by atoms with Crippen LogP contribution in [0.25, 0.3) is 0 Å². The second-order valence-corrected chi connectivity index (χ2v) is 4.67. The number of halogens is 1. The first-order chi connectivity index (χ1) is 10.2. The van der Waals surface area contributed by atoms with E-state index in [9.17, 15) is 0 Å². The molecule has 0 aromatic carbocycles. The highest BCUT2D eigenvalue weighted by Crippen LogP contribution is 2.21. The smallest absolute Gasteiger partial charge is 0.267 e. The molecule has 0 fully saturated rings. The van der Waals surface area contributed by atoms with Crippen LogP contribution in [0.4, 0.5) is 0 Å². The minimum atomic E-state index is -0.399. The largest absolute Gasteiger partial charge is 0.479 e. The van der Waals surface area contributed by atoms with Crippen LogP contribution < -0.4 is 4.74 Å². The summed E-state index contributed by atoms with van der Waals surface area (Å²) >= 11 is 5.71. The monoisotopic (exact) mass is 306 g/mol. The summed E-state index contributed by atoms with van der Waals surface area (Å²) in [5.74, 6) is 2.12. The lowest BCUT2D eigenvalue weighted by Gasteiger charge is -2.09. The SMILES string of the molecule is C[C@H](Oc1ccc(Cl)nc1)c1nc(Cc2ccno2)no1. The molecule has 8 heteroatoms. The molecule has 0 aliphatic rings. The Hall–Kier alpha value is -2.41. The second-order valence-electron chi connectivity index (χ2n) is 4.28. The molecule has 0 amide bonds. The summed E-state index contributed by atoms with van der Waals surface area (Å²) in [4.78, 5) is 8.20. The van der Waals surface area contributed by atoms with Gasteiger partial charge in [0.2, 0.25) is 0 Å². The van der Waals surface area contributed by atoms with Crippen LogP contribution in [-0.2, 0) is 6.42 Å². The fourth-order valence-corrected chi connectivity index (χ4v) is 1.79. The van der Waals surface area contributed by atoms with Crippen molar-refractivity contribution in [3.8, 4) is 5.75 Å². The van der Waals surface area contributed by atoms with E-state index in [-0.39, 0.29) is 0 Å². The van der Waals surface area contributed by atoms with Crippen LogP contribution >= 0.6 is 11.6 Å². The third-order valence-corrected chi connectivity index (χ3v) is 2.89. The summed E-state index contributed by atoms with van der Waals surface area (Å²) in [7, 11) is 0. The Kier molecular flexibility index (Phi) is 3.83. The van der Waals surface area contributed by atoms with Crippen molar-refractivity contribution < 1.29 is 13.8 Å². The second kappa shape index (κ2) is 5.92. The maximum absolute atomic E-state index is 5.71. The zero-order valence-electron chi connectivity index (χ0n) is 11.1. The minimum absolute atomic E-state index is 0.375. The molecule has 21 heavy (non-hydrogen) atoms. The summed E-state index contributed by atoms with van der Waals surface area (Å²) in [6, 6.07) is 5.11.